The molecule has 2 aromatic carbocycles. The average molecular weight is 460 g/mol. The Labute approximate surface area is 203 Å². The normalized spacial score (nSPS) is 30.7. The molecule has 0 spiro atoms. The van der Waals surface area contributed by atoms with Gasteiger partial charge in [-0.1, -0.05) is 50.2 Å². The van der Waals surface area contributed by atoms with Crippen molar-refractivity contribution in [2.45, 2.75) is 77.7 Å². The van der Waals surface area contributed by atoms with E-state index in [0.29, 0.717) is 35.7 Å². The van der Waals surface area contributed by atoms with E-state index in [1.807, 2.05) is 43.3 Å². The van der Waals surface area contributed by atoms with Crippen LogP contribution in [0.5, 0.6) is 5.75 Å². The van der Waals surface area contributed by atoms with Gasteiger partial charge in [0.1, 0.15) is 11.5 Å². The summed E-state index contributed by atoms with van der Waals surface area (Å²) in [5, 5.41) is 13.5. The minimum Gasteiger partial charge on any atom is -0.508 e. The molecule has 2 saturated carbocycles. The van der Waals surface area contributed by atoms with Gasteiger partial charge in [0.05, 0.1) is 6.04 Å². The first-order valence-corrected chi connectivity index (χ1v) is 13.0. The summed E-state index contributed by atoms with van der Waals surface area (Å²) in [6.07, 6.45) is 5.91. The standard InChI is InChI=1S/C30H37NO3/c1-4-19-14-25-21(16-27(19)32)10-11-24-23(25)12-13-30(3)26(24)15-22(29(30)34)17-28(33)31-18(2)20-8-6-5-7-9-20/h5-9,14,16,18,22-24,26,32H,4,10-13,15,17H2,1-3H3,(H,31,33)/t18-,22-,23+,24-,26+,30+/m1/s1. The molecule has 34 heavy (non-hydrogen) atoms. The van der Waals surface area contributed by atoms with Gasteiger partial charge in [0.2, 0.25) is 5.91 Å². The van der Waals surface area contributed by atoms with Crippen molar-refractivity contribution in [2.24, 2.45) is 23.2 Å². The monoisotopic (exact) mass is 459 g/mol. The SMILES string of the molecule is CCc1cc2c(cc1O)CC[C@@H]1[C@@H]2CC[C@]2(C)C(=O)[C@@H](CC(=O)N[C@H](C)c3ccccc3)C[C@@H]12. The summed E-state index contributed by atoms with van der Waals surface area (Å²) in [7, 11) is 0. The molecule has 6 atom stereocenters. The van der Waals surface area contributed by atoms with Crippen LogP contribution in [0.1, 0.15) is 87.1 Å². The van der Waals surface area contributed by atoms with Gasteiger partial charge in [0.25, 0.3) is 0 Å². The number of benzene rings is 2. The van der Waals surface area contributed by atoms with Crippen molar-refractivity contribution >= 4 is 11.7 Å². The van der Waals surface area contributed by atoms with Crippen LogP contribution in [0.4, 0.5) is 0 Å². The minimum atomic E-state index is -0.306. The third-order valence-corrected chi connectivity index (χ3v) is 9.28. The van der Waals surface area contributed by atoms with Gasteiger partial charge in [-0.3, -0.25) is 9.59 Å². The highest BCUT2D eigenvalue weighted by Crippen LogP contribution is 2.61. The second-order valence-electron chi connectivity index (χ2n) is 11.1. The van der Waals surface area contributed by atoms with E-state index in [0.717, 1.165) is 49.7 Å². The minimum absolute atomic E-state index is 0.0226. The molecule has 3 aliphatic rings. The Hall–Kier alpha value is -2.62. The highest BCUT2D eigenvalue weighted by Gasteiger charge is 2.58. The van der Waals surface area contributed by atoms with Crippen molar-refractivity contribution < 1.29 is 14.7 Å². The fraction of sp³-hybridized carbons (Fsp3) is 0.533. The lowest BCUT2D eigenvalue weighted by Gasteiger charge is -2.48. The molecule has 0 unspecified atom stereocenters. The number of aryl methyl sites for hydroxylation is 2. The second kappa shape index (κ2) is 8.87. The van der Waals surface area contributed by atoms with Crippen LogP contribution in [-0.2, 0) is 22.4 Å². The number of rotatable bonds is 5. The zero-order chi connectivity index (χ0) is 24.0. The number of phenols is 1. The molecule has 0 bridgehead atoms. The number of hydrogen-bond acceptors (Lipinski definition) is 3. The fourth-order valence-electron chi connectivity index (χ4n) is 7.40. The highest BCUT2D eigenvalue weighted by atomic mass is 16.3. The van der Waals surface area contributed by atoms with Gasteiger partial charge in [-0.25, -0.2) is 0 Å². The summed E-state index contributed by atoms with van der Waals surface area (Å²) in [4.78, 5) is 26.5. The number of nitrogens with one attached hydrogen (secondary N) is 1. The van der Waals surface area contributed by atoms with Gasteiger partial charge in [-0.05, 0) is 91.5 Å². The second-order valence-corrected chi connectivity index (χ2v) is 11.1. The molecule has 4 nitrogen and oxygen atoms in total. The summed E-state index contributed by atoms with van der Waals surface area (Å²) in [5.74, 6) is 1.83. The zero-order valence-corrected chi connectivity index (χ0v) is 20.6. The van der Waals surface area contributed by atoms with Crippen LogP contribution in [0.15, 0.2) is 42.5 Å². The molecule has 2 aromatic rings. The summed E-state index contributed by atoms with van der Waals surface area (Å²) in [6, 6.07) is 14.1. The van der Waals surface area contributed by atoms with E-state index < -0.39 is 0 Å². The molecule has 180 valence electrons. The fourth-order valence-corrected chi connectivity index (χ4v) is 7.40. The van der Waals surface area contributed by atoms with Gasteiger partial charge >= 0.3 is 0 Å². The van der Waals surface area contributed by atoms with E-state index in [2.05, 4.69) is 25.2 Å². The quantitative estimate of drug-likeness (QED) is 0.587. The lowest BCUT2D eigenvalue weighted by Crippen LogP contribution is -2.42. The third kappa shape index (κ3) is 3.85. The van der Waals surface area contributed by atoms with Crippen LogP contribution in [0.3, 0.4) is 0 Å². The predicted octanol–water partition coefficient (Wildman–Crippen LogP) is 5.87. The molecule has 3 aliphatic carbocycles. The predicted molar refractivity (Wildman–Crippen MR) is 134 cm³/mol. The number of fused-ring (bicyclic) bond motifs is 5. The first-order chi connectivity index (χ1) is 16.3. The molecule has 1 amide bonds. The Balaban J connectivity index is 1.32. The average Bonchev–Trinajstić information content (AvgIpc) is 3.09. The lowest BCUT2D eigenvalue weighted by atomic mass is 9.55. The van der Waals surface area contributed by atoms with Crippen molar-refractivity contribution in [3.63, 3.8) is 0 Å². The van der Waals surface area contributed by atoms with E-state index in [-0.39, 0.29) is 23.3 Å². The van der Waals surface area contributed by atoms with Crippen molar-refractivity contribution in [3.8, 4) is 5.75 Å². The van der Waals surface area contributed by atoms with Gasteiger partial charge in [-0.2, -0.15) is 0 Å². The van der Waals surface area contributed by atoms with Gasteiger partial charge < -0.3 is 10.4 Å². The summed E-state index contributed by atoms with van der Waals surface area (Å²) < 4.78 is 0. The Kier molecular flexibility index (Phi) is 6.03. The number of ketones is 1. The van der Waals surface area contributed by atoms with Crippen LogP contribution >= 0.6 is 0 Å². The first kappa shape index (κ1) is 23.1. The van der Waals surface area contributed by atoms with Crippen LogP contribution in [0.2, 0.25) is 0 Å². The smallest absolute Gasteiger partial charge is 0.221 e. The van der Waals surface area contributed by atoms with E-state index >= 15 is 0 Å². The van der Waals surface area contributed by atoms with Crippen LogP contribution in [-0.4, -0.2) is 16.8 Å². The van der Waals surface area contributed by atoms with Gasteiger partial charge in [-0.15, -0.1) is 0 Å². The van der Waals surface area contributed by atoms with Crippen LogP contribution < -0.4 is 5.32 Å². The Morgan fingerprint density at radius 3 is 2.71 bits per heavy atom. The molecular weight excluding hydrogens is 422 g/mol. The Bertz CT molecular complexity index is 1090. The number of carbonyl (C=O) groups excluding carboxylic acids is 2. The van der Waals surface area contributed by atoms with Crippen molar-refractivity contribution in [1.29, 1.82) is 0 Å². The van der Waals surface area contributed by atoms with E-state index in [9.17, 15) is 14.7 Å². The molecule has 4 heteroatoms. The molecule has 0 aliphatic heterocycles. The summed E-state index contributed by atoms with van der Waals surface area (Å²) >= 11 is 0. The molecule has 0 aromatic heterocycles. The topological polar surface area (TPSA) is 66.4 Å². The number of amides is 1. The number of carbonyl (C=O) groups is 2. The van der Waals surface area contributed by atoms with Crippen molar-refractivity contribution in [3.05, 3.63) is 64.7 Å². The van der Waals surface area contributed by atoms with E-state index in [1.54, 1.807) is 0 Å². The van der Waals surface area contributed by atoms with Gasteiger partial charge in [0.15, 0.2) is 0 Å². The molecule has 2 N–H and O–H groups in total. The number of aromatic hydroxyl groups is 1. The van der Waals surface area contributed by atoms with Crippen molar-refractivity contribution in [2.75, 3.05) is 0 Å². The molecule has 0 saturated heterocycles. The van der Waals surface area contributed by atoms with Gasteiger partial charge in [0, 0.05) is 17.8 Å². The number of hydrogen-bond donors (Lipinski definition) is 2. The summed E-state index contributed by atoms with van der Waals surface area (Å²) in [6.45, 7) is 6.26. The first-order valence-electron chi connectivity index (χ1n) is 13.0. The van der Waals surface area contributed by atoms with Crippen molar-refractivity contribution in [1.82, 2.24) is 5.32 Å². The molecule has 5 rings (SSSR count). The number of Topliss-reactive ketones (excluding diaryl/α,β-unsaturated/α-hetero) is 1. The van der Waals surface area contributed by atoms with Crippen LogP contribution in [0, 0.1) is 23.2 Å². The maximum absolute atomic E-state index is 13.6. The highest BCUT2D eigenvalue weighted by molar-refractivity contribution is 5.93. The number of phenolic OH excluding ortho intramolecular Hbond substituents is 1. The largest absolute Gasteiger partial charge is 0.508 e. The summed E-state index contributed by atoms with van der Waals surface area (Å²) in [5.41, 5.74) is 4.49. The Morgan fingerprint density at radius 2 is 1.97 bits per heavy atom. The lowest BCUT2D eigenvalue weighted by molar-refractivity contribution is -0.134. The molecular formula is C30H37NO3. The molecule has 2 fully saturated rings. The third-order valence-electron chi connectivity index (χ3n) is 9.28. The maximum atomic E-state index is 13.6. The zero-order valence-electron chi connectivity index (χ0n) is 20.6. The Morgan fingerprint density at radius 1 is 1.21 bits per heavy atom. The maximum Gasteiger partial charge on any atom is 0.221 e. The molecule has 0 heterocycles. The van der Waals surface area contributed by atoms with Crippen LogP contribution in [0.25, 0.3) is 0 Å². The van der Waals surface area contributed by atoms with E-state index in [4.69, 9.17) is 0 Å². The molecule has 0 radical (unpaired) electrons. The van der Waals surface area contributed by atoms with E-state index in [1.165, 1.54) is 11.1 Å².